The van der Waals surface area contributed by atoms with Crippen LogP contribution in [0.15, 0.2) is 0 Å². The van der Waals surface area contributed by atoms with E-state index in [1.807, 2.05) is 0 Å². The largest absolute Gasteiger partial charge is 0.491 e. The third-order valence-electron chi connectivity index (χ3n) is 18.4. The number of nitrogens with zero attached hydrogens (tertiary/aromatic N) is 6. The zero-order valence-electron chi connectivity index (χ0n) is 59.9. The van der Waals surface area contributed by atoms with E-state index in [0.717, 1.165) is 128 Å². The van der Waals surface area contributed by atoms with Crippen molar-refractivity contribution in [2.24, 2.45) is 0 Å². The van der Waals surface area contributed by atoms with Crippen molar-refractivity contribution in [3.63, 3.8) is 0 Å². The Morgan fingerprint density at radius 3 is 0.817 bits per heavy atom. The van der Waals surface area contributed by atoms with Crippen LogP contribution >= 0.6 is 92.8 Å². The number of nitrogens with one attached hydrogen (secondary N) is 2. The van der Waals surface area contributed by atoms with Crippen LogP contribution in [0.5, 0.6) is 46.0 Å². The summed E-state index contributed by atoms with van der Waals surface area (Å²) < 4.78 is 78.8. The standard InChI is InChI=1S/C76H94Cl8N8O12/c1-5-9-13-17-21-25-29-97-61-45-49-65(57(81)53(61)77)101-41-37-93-33-34-94-39-43-103-67-51-47(63(55(79)59(67)83)99-31-27-23-19-15-11-7-3)71-86-72-48-52-68(60(84)56(80)64(48)100-32-28-24-20-16-12-8-4)104-44-40-96-36-35-95-38-42-102-66-50-46(62(54(78)58(66)82)98-30-26-22-18-14-10-6-2)70(88-75(50)92-76(52)90-72)85-69(45)87-73(49)91-74(51)89-71/h5-44H2,1-4H3,(H2,85,86,87,88,89,90,91,92). The molecule has 4 aliphatic rings. The van der Waals surface area contributed by atoms with Gasteiger partial charge in [0.2, 0.25) is 0 Å². The summed E-state index contributed by atoms with van der Waals surface area (Å²) in [6, 6.07) is 0. The fraction of sp³-hybridized carbons (Fsp3) is 0.579. The molecule has 11 rings (SSSR count). The van der Waals surface area contributed by atoms with Gasteiger partial charge >= 0.3 is 0 Å². The SMILES string of the molecule is CCCCCCCCOc1c(Cl)c(Cl)c2c3c1-c1nc-3nc3[nH]c(nc4nc5nc6[nH]c(n1)c1c(OCCCCCCCC)c(Cl)c(Cl)c(c61)OCCOCCOCCOc1c(Cl)c(Cl)c(OCCCCCCCC)c-4c1-5)c1c(OCCCCCCCC)c(Cl)c(Cl)c(c31)OCCOCCOCCO2. The number of aromatic amines is 2. The molecule has 4 aliphatic heterocycles. The first kappa shape index (κ1) is 79.8. The van der Waals surface area contributed by atoms with Crippen molar-refractivity contribution in [2.75, 3.05) is 106 Å². The normalized spacial score (nSPS) is 14.3. The second-order valence-electron chi connectivity index (χ2n) is 26.1. The molecule has 0 aliphatic carbocycles. The van der Waals surface area contributed by atoms with E-state index in [-0.39, 0.29) is 249 Å². The second-order valence-corrected chi connectivity index (χ2v) is 29.1. The number of hydrogen-bond acceptors (Lipinski definition) is 18. The molecule has 20 nitrogen and oxygen atoms in total. The van der Waals surface area contributed by atoms with Crippen molar-refractivity contribution < 1.29 is 56.8 Å². The molecular formula is C76H94Cl8N8O12. The summed E-state index contributed by atoms with van der Waals surface area (Å²) in [5, 5.41) is 1.57. The number of halogens is 8. The Labute approximate surface area is 648 Å². The summed E-state index contributed by atoms with van der Waals surface area (Å²) in [4.78, 5) is 40.2. The van der Waals surface area contributed by atoms with Gasteiger partial charge in [-0.25, -0.2) is 29.9 Å². The first-order valence-corrected chi connectivity index (χ1v) is 40.3. The van der Waals surface area contributed by atoms with Crippen LogP contribution < -0.4 is 37.9 Å². The average Bonchev–Trinajstić information content (AvgIpc) is 1.56. The van der Waals surface area contributed by atoms with Gasteiger partial charge in [-0.2, -0.15) is 0 Å². The van der Waals surface area contributed by atoms with Gasteiger partial charge in [0.05, 0.1) is 123 Å². The minimum absolute atomic E-state index is 0.0106. The number of aromatic nitrogens is 8. The van der Waals surface area contributed by atoms with Gasteiger partial charge in [-0.3, -0.25) is 0 Å². The molecule has 0 atom stereocenters. The molecule has 0 amide bonds. The zero-order chi connectivity index (χ0) is 72.9. The van der Waals surface area contributed by atoms with Crippen LogP contribution in [0.25, 0.3) is 89.7 Å². The zero-order valence-corrected chi connectivity index (χ0v) is 65.9. The van der Waals surface area contributed by atoms with Crippen LogP contribution in [0, 0.1) is 0 Å². The van der Waals surface area contributed by atoms with Crippen molar-refractivity contribution in [2.45, 2.75) is 182 Å². The van der Waals surface area contributed by atoms with Gasteiger partial charge in [-0.1, -0.05) is 249 Å². The summed E-state index contributed by atoms with van der Waals surface area (Å²) in [6.45, 7) is 11.3. The lowest BCUT2D eigenvalue weighted by Crippen LogP contribution is -2.14. The van der Waals surface area contributed by atoms with Crippen molar-refractivity contribution in [1.29, 1.82) is 0 Å². The van der Waals surface area contributed by atoms with Crippen LogP contribution in [0.1, 0.15) is 182 Å². The molecular weight excluding hydrogens is 1500 g/mol. The molecule has 104 heavy (non-hydrogen) atoms. The maximum Gasteiger partial charge on any atom is 0.168 e. The predicted octanol–water partition coefficient (Wildman–Crippen LogP) is 22.7. The summed E-state index contributed by atoms with van der Waals surface area (Å²) in [6.07, 6.45) is 23.8. The lowest BCUT2D eigenvalue weighted by molar-refractivity contribution is 0.0276. The molecule has 7 heterocycles. The average molecular weight is 1600 g/mol. The summed E-state index contributed by atoms with van der Waals surface area (Å²) >= 11 is 60.5. The minimum atomic E-state index is 0.0106. The molecule has 8 bridgehead atoms. The number of unbranched alkanes of at least 4 members (excludes halogenated alkanes) is 20. The Kier molecular flexibility index (Phi) is 30.9. The molecule has 0 fully saturated rings. The molecule has 7 aromatic rings. The molecule has 2 N–H and O–H groups in total. The van der Waals surface area contributed by atoms with E-state index < -0.39 is 0 Å². The maximum atomic E-state index is 7.58. The van der Waals surface area contributed by atoms with E-state index >= 15 is 0 Å². The molecule has 0 unspecified atom stereocenters. The number of fused-ring (bicyclic) bond motifs is 8. The first-order valence-electron chi connectivity index (χ1n) is 37.3. The van der Waals surface area contributed by atoms with Gasteiger partial charge in [0, 0.05) is 0 Å². The van der Waals surface area contributed by atoms with Gasteiger partial charge in [-0.15, -0.1) is 0 Å². The summed E-state index contributed by atoms with van der Waals surface area (Å²) in [5.74, 6) is 1.40. The minimum Gasteiger partial charge on any atom is -0.491 e. The number of rotatable bonds is 32. The lowest BCUT2D eigenvalue weighted by atomic mass is 10.1. The number of H-pyrrole nitrogens is 2. The Morgan fingerprint density at radius 1 is 0.260 bits per heavy atom. The molecule has 0 saturated carbocycles. The maximum absolute atomic E-state index is 7.58. The predicted molar refractivity (Wildman–Crippen MR) is 417 cm³/mol. The highest BCUT2D eigenvalue weighted by molar-refractivity contribution is 6.48. The van der Waals surface area contributed by atoms with Crippen LogP contribution in [0.4, 0.5) is 0 Å². The van der Waals surface area contributed by atoms with Gasteiger partial charge in [0.25, 0.3) is 0 Å². The number of benzene rings is 4. The van der Waals surface area contributed by atoms with Crippen LogP contribution in [-0.2, 0) is 18.9 Å². The number of ether oxygens (including phenoxy) is 12. The molecule has 3 aromatic heterocycles. The Balaban J connectivity index is 1.32. The molecule has 566 valence electrons. The van der Waals surface area contributed by atoms with Crippen molar-refractivity contribution in [1.82, 2.24) is 39.9 Å². The van der Waals surface area contributed by atoms with E-state index in [4.69, 9.17) is 180 Å². The molecule has 0 spiro atoms. The van der Waals surface area contributed by atoms with Crippen molar-refractivity contribution in [3.8, 4) is 91.5 Å². The Morgan fingerprint density at radius 2 is 0.500 bits per heavy atom. The molecule has 0 radical (unpaired) electrons. The topological polar surface area (TPSA) is 220 Å². The van der Waals surface area contributed by atoms with E-state index in [2.05, 4.69) is 37.7 Å². The second kappa shape index (κ2) is 40.3. The van der Waals surface area contributed by atoms with Crippen LogP contribution in [-0.4, -0.2) is 146 Å². The van der Waals surface area contributed by atoms with Crippen LogP contribution in [0.2, 0.25) is 40.2 Å². The highest BCUT2D eigenvalue weighted by Crippen LogP contribution is 2.59. The molecule has 0 saturated heterocycles. The van der Waals surface area contributed by atoms with Gasteiger partial charge in [0.15, 0.2) is 69.3 Å². The van der Waals surface area contributed by atoms with E-state index in [1.165, 1.54) is 0 Å². The summed E-state index contributed by atoms with van der Waals surface area (Å²) in [7, 11) is 0. The fourth-order valence-electron chi connectivity index (χ4n) is 13.1. The highest BCUT2D eigenvalue weighted by atomic mass is 35.5. The molecule has 28 heteroatoms. The van der Waals surface area contributed by atoms with Crippen molar-refractivity contribution >= 4 is 137 Å². The van der Waals surface area contributed by atoms with Gasteiger partial charge < -0.3 is 66.8 Å². The Bertz CT molecular complexity index is 3990. The highest BCUT2D eigenvalue weighted by Gasteiger charge is 2.38. The first-order chi connectivity index (χ1) is 50.9. The monoisotopic (exact) mass is 1590 g/mol. The smallest absolute Gasteiger partial charge is 0.168 e. The molecule has 4 aromatic carbocycles. The van der Waals surface area contributed by atoms with Crippen molar-refractivity contribution in [3.05, 3.63) is 40.2 Å². The quantitative estimate of drug-likeness (QED) is 0.0374. The van der Waals surface area contributed by atoms with E-state index in [0.29, 0.717) is 58.4 Å². The fourth-order valence-corrected chi connectivity index (χ4v) is 15.0. The van der Waals surface area contributed by atoms with E-state index in [9.17, 15) is 0 Å². The van der Waals surface area contributed by atoms with Crippen LogP contribution in [0.3, 0.4) is 0 Å². The number of hydrogen-bond donors (Lipinski definition) is 2. The third-order valence-corrected chi connectivity index (χ3v) is 21.7. The summed E-state index contributed by atoms with van der Waals surface area (Å²) in [5.41, 5.74) is 1.67. The van der Waals surface area contributed by atoms with Gasteiger partial charge in [-0.05, 0) is 25.7 Å². The Hall–Kier alpha value is -5.20. The lowest BCUT2D eigenvalue weighted by Gasteiger charge is -2.18. The van der Waals surface area contributed by atoms with E-state index in [1.54, 1.807) is 0 Å². The third kappa shape index (κ3) is 18.9. The van der Waals surface area contributed by atoms with Gasteiger partial charge in [0.1, 0.15) is 89.2 Å².